The highest BCUT2D eigenvalue weighted by atomic mass is 35.5. The van der Waals surface area contributed by atoms with Crippen molar-refractivity contribution in [3.63, 3.8) is 0 Å². The second kappa shape index (κ2) is 4.75. The molecule has 2 bridgehead atoms. The van der Waals surface area contributed by atoms with Crippen LogP contribution >= 0.6 is 23.2 Å². The molecule has 2 unspecified atom stereocenters. The molecule has 1 N–H and O–H groups in total. The fourth-order valence-corrected chi connectivity index (χ4v) is 3.73. The van der Waals surface area contributed by atoms with Crippen molar-refractivity contribution in [3.8, 4) is 0 Å². The molecule has 2 aliphatic rings. The van der Waals surface area contributed by atoms with Gasteiger partial charge in [0, 0.05) is 6.04 Å². The minimum atomic E-state index is -0.0972. The van der Waals surface area contributed by atoms with Crippen molar-refractivity contribution < 1.29 is 4.79 Å². The van der Waals surface area contributed by atoms with E-state index in [1.807, 2.05) is 0 Å². The van der Waals surface area contributed by atoms with Gasteiger partial charge in [0.05, 0.1) is 15.6 Å². The molecule has 0 aliphatic heterocycles. The lowest BCUT2D eigenvalue weighted by molar-refractivity contribution is 0.0923. The summed E-state index contributed by atoms with van der Waals surface area (Å²) < 4.78 is 0. The highest BCUT2D eigenvalue weighted by Crippen LogP contribution is 2.44. The predicted octanol–water partition coefficient (Wildman–Crippen LogP) is 3.91. The monoisotopic (exact) mass is 283 g/mol. The fourth-order valence-electron chi connectivity index (χ4n) is 3.35. The van der Waals surface area contributed by atoms with Gasteiger partial charge in [-0.3, -0.25) is 4.79 Å². The second-order valence-electron chi connectivity index (χ2n) is 5.36. The smallest absolute Gasteiger partial charge is 0.253 e. The van der Waals surface area contributed by atoms with Gasteiger partial charge in [0.1, 0.15) is 0 Å². The van der Waals surface area contributed by atoms with Crippen LogP contribution < -0.4 is 5.32 Å². The molecule has 0 radical (unpaired) electrons. The molecule has 3 rings (SSSR count). The van der Waals surface area contributed by atoms with Crippen LogP contribution in [-0.2, 0) is 0 Å². The lowest BCUT2D eigenvalue weighted by atomic mass is 9.95. The molecule has 96 valence electrons. The van der Waals surface area contributed by atoms with Crippen LogP contribution in [0.4, 0.5) is 0 Å². The average Bonchev–Trinajstić information content (AvgIpc) is 2.94. The molecule has 1 aromatic rings. The van der Waals surface area contributed by atoms with Gasteiger partial charge in [0.15, 0.2) is 0 Å². The maximum Gasteiger partial charge on any atom is 0.253 e. The maximum atomic E-state index is 12.2. The SMILES string of the molecule is O=C(N[C@@H]1CC2CCC1C2)c1cccc(Cl)c1Cl. The van der Waals surface area contributed by atoms with Crippen LogP contribution in [-0.4, -0.2) is 11.9 Å². The topological polar surface area (TPSA) is 29.1 Å². The first-order chi connectivity index (χ1) is 8.65. The normalized spacial score (nSPS) is 29.6. The first kappa shape index (κ1) is 12.3. The summed E-state index contributed by atoms with van der Waals surface area (Å²) in [6.45, 7) is 0. The molecule has 1 aromatic carbocycles. The summed E-state index contributed by atoms with van der Waals surface area (Å²) in [7, 11) is 0. The number of nitrogens with one attached hydrogen (secondary N) is 1. The van der Waals surface area contributed by atoms with Gasteiger partial charge >= 0.3 is 0 Å². The third kappa shape index (κ3) is 2.12. The average molecular weight is 284 g/mol. The first-order valence-electron chi connectivity index (χ1n) is 6.40. The third-order valence-corrected chi connectivity index (χ3v) is 5.07. The predicted molar refractivity (Wildman–Crippen MR) is 73.2 cm³/mol. The zero-order chi connectivity index (χ0) is 12.7. The van der Waals surface area contributed by atoms with Crippen molar-refractivity contribution in [1.29, 1.82) is 0 Å². The Kier molecular flexibility index (Phi) is 3.25. The van der Waals surface area contributed by atoms with Crippen LogP contribution in [0.15, 0.2) is 18.2 Å². The van der Waals surface area contributed by atoms with E-state index in [-0.39, 0.29) is 5.91 Å². The molecule has 0 spiro atoms. The van der Waals surface area contributed by atoms with Gasteiger partial charge < -0.3 is 5.32 Å². The van der Waals surface area contributed by atoms with Crippen LogP contribution in [0.25, 0.3) is 0 Å². The number of carbonyl (C=O) groups is 1. The molecule has 3 atom stereocenters. The van der Waals surface area contributed by atoms with Gasteiger partial charge in [-0.05, 0) is 43.2 Å². The van der Waals surface area contributed by atoms with Crippen LogP contribution in [0.2, 0.25) is 10.0 Å². The largest absolute Gasteiger partial charge is 0.349 e. The van der Waals surface area contributed by atoms with E-state index < -0.39 is 0 Å². The van der Waals surface area contributed by atoms with Crippen LogP contribution in [0.1, 0.15) is 36.0 Å². The minimum absolute atomic E-state index is 0.0972. The van der Waals surface area contributed by atoms with E-state index in [4.69, 9.17) is 23.2 Å². The van der Waals surface area contributed by atoms with E-state index >= 15 is 0 Å². The molecule has 2 saturated carbocycles. The van der Waals surface area contributed by atoms with Gasteiger partial charge in [0.2, 0.25) is 0 Å². The Morgan fingerprint density at radius 2 is 2.06 bits per heavy atom. The van der Waals surface area contributed by atoms with E-state index in [9.17, 15) is 4.79 Å². The number of amides is 1. The van der Waals surface area contributed by atoms with Crippen molar-refractivity contribution in [2.75, 3.05) is 0 Å². The quantitative estimate of drug-likeness (QED) is 0.876. The number of fused-ring (bicyclic) bond motifs is 2. The Hall–Kier alpha value is -0.730. The summed E-state index contributed by atoms with van der Waals surface area (Å²) in [6, 6.07) is 5.49. The number of carbonyl (C=O) groups excluding carboxylic acids is 1. The first-order valence-corrected chi connectivity index (χ1v) is 7.15. The van der Waals surface area contributed by atoms with Gasteiger partial charge in [-0.2, -0.15) is 0 Å². The number of hydrogen-bond donors (Lipinski definition) is 1. The molecule has 4 heteroatoms. The molecule has 1 amide bonds. The highest BCUT2D eigenvalue weighted by Gasteiger charge is 2.40. The Labute approximate surface area is 117 Å². The Bertz CT molecular complexity index is 489. The molecule has 2 nitrogen and oxygen atoms in total. The van der Waals surface area contributed by atoms with Crippen LogP contribution in [0.5, 0.6) is 0 Å². The zero-order valence-corrected chi connectivity index (χ0v) is 11.5. The van der Waals surface area contributed by atoms with Gasteiger partial charge in [-0.25, -0.2) is 0 Å². The molecular weight excluding hydrogens is 269 g/mol. The summed E-state index contributed by atoms with van der Waals surface area (Å²) in [6.07, 6.45) is 4.97. The van der Waals surface area contributed by atoms with Crippen molar-refractivity contribution >= 4 is 29.1 Å². The number of benzene rings is 1. The van der Waals surface area contributed by atoms with E-state index in [0.29, 0.717) is 27.6 Å². The zero-order valence-electron chi connectivity index (χ0n) is 9.96. The summed E-state index contributed by atoms with van der Waals surface area (Å²) in [5, 5.41) is 3.89. The molecular formula is C14H15Cl2NO. The standard InChI is InChI=1S/C14H15Cl2NO/c15-11-3-1-2-10(13(11)16)14(18)17-12-7-8-4-5-9(12)6-8/h1-3,8-9,12H,4-7H2,(H,17,18)/t8?,9?,12-/m1/s1. The van der Waals surface area contributed by atoms with E-state index in [2.05, 4.69) is 5.32 Å². The fraction of sp³-hybridized carbons (Fsp3) is 0.500. The number of hydrogen-bond acceptors (Lipinski definition) is 1. The Morgan fingerprint density at radius 3 is 2.72 bits per heavy atom. The summed E-state index contributed by atoms with van der Waals surface area (Å²) in [5.41, 5.74) is 0.479. The summed E-state index contributed by atoms with van der Waals surface area (Å²) >= 11 is 12.0. The second-order valence-corrected chi connectivity index (χ2v) is 6.14. The number of rotatable bonds is 2. The molecule has 2 aliphatic carbocycles. The summed E-state index contributed by atoms with van der Waals surface area (Å²) in [5.74, 6) is 1.38. The molecule has 0 heterocycles. The third-order valence-electron chi connectivity index (χ3n) is 4.25. The maximum absolute atomic E-state index is 12.2. The Balaban J connectivity index is 1.73. The van der Waals surface area contributed by atoms with Gasteiger partial charge in [0.25, 0.3) is 5.91 Å². The summed E-state index contributed by atoms with van der Waals surface area (Å²) in [4.78, 5) is 12.2. The lowest BCUT2D eigenvalue weighted by Crippen LogP contribution is -2.38. The van der Waals surface area contributed by atoms with Crippen molar-refractivity contribution in [3.05, 3.63) is 33.8 Å². The van der Waals surface area contributed by atoms with E-state index in [1.165, 1.54) is 19.3 Å². The molecule has 18 heavy (non-hydrogen) atoms. The minimum Gasteiger partial charge on any atom is -0.349 e. The van der Waals surface area contributed by atoms with Crippen LogP contribution in [0, 0.1) is 11.8 Å². The van der Waals surface area contributed by atoms with E-state index in [1.54, 1.807) is 18.2 Å². The highest BCUT2D eigenvalue weighted by molar-refractivity contribution is 6.43. The molecule has 2 fully saturated rings. The molecule has 0 saturated heterocycles. The Morgan fingerprint density at radius 1 is 1.22 bits per heavy atom. The van der Waals surface area contributed by atoms with Gasteiger partial charge in [-0.15, -0.1) is 0 Å². The molecule has 0 aromatic heterocycles. The van der Waals surface area contributed by atoms with E-state index in [0.717, 1.165) is 12.3 Å². The van der Waals surface area contributed by atoms with Crippen molar-refractivity contribution in [2.45, 2.75) is 31.7 Å². The van der Waals surface area contributed by atoms with Crippen molar-refractivity contribution in [1.82, 2.24) is 5.32 Å². The van der Waals surface area contributed by atoms with Gasteiger partial charge in [-0.1, -0.05) is 35.7 Å². The van der Waals surface area contributed by atoms with Crippen molar-refractivity contribution in [2.24, 2.45) is 11.8 Å². The number of halogens is 2. The lowest BCUT2D eigenvalue weighted by Gasteiger charge is -2.23. The van der Waals surface area contributed by atoms with Crippen LogP contribution in [0.3, 0.4) is 0 Å².